The molecule has 2 aromatic rings. The van der Waals surface area contributed by atoms with Gasteiger partial charge in [-0.25, -0.2) is 5.06 Å². The predicted molar refractivity (Wildman–Crippen MR) is 90.7 cm³/mol. The highest BCUT2D eigenvalue weighted by Crippen LogP contribution is 2.26. The number of rotatable bonds is 5. The van der Waals surface area contributed by atoms with Crippen molar-refractivity contribution < 1.29 is 19.2 Å². The van der Waals surface area contributed by atoms with E-state index in [1.165, 1.54) is 14.2 Å². The van der Waals surface area contributed by atoms with Crippen LogP contribution in [0.4, 0.5) is 0 Å². The average molecular weight is 338 g/mol. The van der Waals surface area contributed by atoms with Crippen LogP contribution in [0.1, 0.15) is 26.3 Å². The third kappa shape index (κ3) is 3.04. The lowest BCUT2D eigenvalue weighted by molar-refractivity contribution is -0.173. The number of hydroxylamine groups is 2. The van der Waals surface area contributed by atoms with E-state index in [9.17, 15) is 14.4 Å². The normalized spacial score (nSPS) is 14.4. The first-order valence-electron chi connectivity index (χ1n) is 7.87. The summed E-state index contributed by atoms with van der Waals surface area (Å²) >= 11 is 0. The molecular weight excluding hydrogens is 320 g/mol. The number of benzene rings is 2. The van der Waals surface area contributed by atoms with Crippen LogP contribution in [-0.2, 0) is 16.1 Å². The van der Waals surface area contributed by atoms with Gasteiger partial charge < -0.3 is 0 Å². The maximum Gasteiger partial charge on any atom is 0.269 e. The van der Waals surface area contributed by atoms with Crippen LogP contribution in [0.5, 0.6) is 0 Å². The fourth-order valence-corrected chi connectivity index (χ4v) is 2.92. The number of hydrogen-bond donors (Lipinski definition) is 0. The molecule has 0 aromatic heterocycles. The Kier molecular flexibility index (Phi) is 4.63. The van der Waals surface area contributed by atoms with Crippen LogP contribution >= 0.6 is 0 Å². The first kappa shape index (κ1) is 16.9. The average Bonchev–Trinajstić information content (AvgIpc) is 2.90. The SMILES string of the molecule is CON(C)C(=O)C(Cc1ccccc1)N1C(=O)c2ccccc2C1=O. The molecule has 0 radical (unpaired) electrons. The second kappa shape index (κ2) is 6.86. The van der Waals surface area contributed by atoms with Gasteiger partial charge in [0.25, 0.3) is 17.7 Å². The molecule has 0 saturated carbocycles. The zero-order valence-corrected chi connectivity index (χ0v) is 14.0. The van der Waals surface area contributed by atoms with Gasteiger partial charge in [-0.05, 0) is 17.7 Å². The lowest BCUT2D eigenvalue weighted by atomic mass is 10.0. The molecule has 2 aromatic carbocycles. The summed E-state index contributed by atoms with van der Waals surface area (Å²) in [5.41, 5.74) is 1.48. The zero-order chi connectivity index (χ0) is 18.0. The molecule has 0 N–H and O–H groups in total. The van der Waals surface area contributed by atoms with Crippen molar-refractivity contribution in [3.63, 3.8) is 0 Å². The Balaban J connectivity index is 1.99. The number of carbonyl (C=O) groups is 3. The lowest BCUT2D eigenvalue weighted by Crippen LogP contribution is -2.50. The molecule has 6 heteroatoms. The largest absolute Gasteiger partial charge is 0.274 e. The molecule has 0 spiro atoms. The van der Waals surface area contributed by atoms with E-state index in [0.29, 0.717) is 11.1 Å². The number of nitrogens with zero attached hydrogens (tertiary/aromatic N) is 2. The van der Waals surface area contributed by atoms with Crippen LogP contribution in [0.25, 0.3) is 0 Å². The first-order valence-corrected chi connectivity index (χ1v) is 7.87. The van der Waals surface area contributed by atoms with Gasteiger partial charge in [-0.15, -0.1) is 0 Å². The Bertz CT molecular complexity index is 784. The topological polar surface area (TPSA) is 66.9 Å². The zero-order valence-electron chi connectivity index (χ0n) is 14.0. The molecular formula is C19H18N2O4. The van der Waals surface area contributed by atoms with Gasteiger partial charge in [0.15, 0.2) is 0 Å². The molecule has 1 heterocycles. The Morgan fingerprint density at radius 2 is 1.52 bits per heavy atom. The van der Waals surface area contributed by atoms with E-state index in [1.807, 2.05) is 30.3 Å². The number of hydrogen-bond acceptors (Lipinski definition) is 4. The fourth-order valence-electron chi connectivity index (χ4n) is 2.92. The summed E-state index contributed by atoms with van der Waals surface area (Å²) in [4.78, 5) is 44.3. The Labute approximate surface area is 145 Å². The number of amides is 3. The number of likely N-dealkylation sites (N-methyl/N-ethyl adjacent to an activating group) is 1. The Hall–Kier alpha value is -2.99. The predicted octanol–water partition coefficient (Wildman–Crippen LogP) is 1.91. The summed E-state index contributed by atoms with van der Waals surface area (Å²) in [6.07, 6.45) is 0.221. The van der Waals surface area contributed by atoms with E-state index in [4.69, 9.17) is 4.84 Å². The molecule has 128 valence electrons. The van der Waals surface area contributed by atoms with Gasteiger partial charge in [0, 0.05) is 13.5 Å². The van der Waals surface area contributed by atoms with Crippen molar-refractivity contribution in [3.05, 3.63) is 71.3 Å². The van der Waals surface area contributed by atoms with Gasteiger partial charge in [0.2, 0.25) is 0 Å². The van der Waals surface area contributed by atoms with Crippen LogP contribution in [0, 0.1) is 0 Å². The van der Waals surface area contributed by atoms with Gasteiger partial charge >= 0.3 is 0 Å². The van der Waals surface area contributed by atoms with Crippen molar-refractivity contribution in [2.75, 3.05) is 14.2 Å². The molecule has 0 fully saturated rings. The Morgan fingerprint density at radius 1 is 1.00 bits per heavy atom. The number of imide groups is 1. The highest BCUT2D eigenvalue weighted by Gasteiger charge is 2.43. The van der Waals surface area contributed by atoms with Crippen molar-refractivity contribution in [2.45, 2.75) is 12.5 Å². The van der Waals surface area contributed by atoms with Crippen LogP contribution in [0.2, 0.25) is 0 Å². The maximum atomic E-state index is 12.8. The summed E-state index contributed by atoms with van der Waals surface area (Å²) in [6, 6.07) is 14.9. The van der Waals surface area contributed by atoms with Crippen molar-refractivity contribution in [1.29, 1.82) is 0 Å². The molecule has 3 amide bonds. The van der Waals surface area contributed by atoms with Crippen LogP contribution in [0.3, 0.4) is 0 Å². The van der Waals surface area contributed by atoms with E-state index < -0.39 is 23.8 Å². The summed E-state index contributed by atoms with van der Waals surface area (Å²) in [5.74, 6) is -1.38. The third-order valence-electron chi connectivity index (χ3n) is 4.28. The smallest absolute Gasteiger partial charge is 0.269 e. The summed E-state index contributed by atoms with van der Waals surface area (Å²) < 4.78 is 0. The minimum absolute atomic E-state index is 0.221. The highest BCUT2D eigenvalue weighted by atomic mass is 16.7. The van der Waals surface area contributed by atoms with Crippen molar-refractivity contribution in [1.82, 2.24) is 9.96 Å². The molecule has 25 heavy (non-hydrogen) atoms. The van der Waals surface area contributed by atoms with E-state index in [2.05, 4.69) is 0 Å². The van der Waals surface area contributed by atoms with Gasteiger partial charge in [0.05, 0.1) is 18.2 Å². The second-order valence-electron chi connectivity index (χ2n) is 5.75. The summed E-state index contributed by atoms with van der Waals surface area (Å²) in [5, 5.41) is 1.04. The van der Waals surface area contributed by atoms with Crippen LogP contribution in [-0.4, -0.2) is 47.9 Å². The standard InChI is InChI=1S/C19H18N2O4/c1-20(25-2)19(24)16(12-13-8-4-3-5-9-13)21-17(22)14-10-6-7-11-15(14)18(21)23/h3-11,16H,12H2,1-2H3. The molecule has 0 bridgehead atoms. The Morgan fingerprint density at radius 3 is 2.04 bits per heavy atom. The van der Waals surface area contributed by atoms with Crippen LogP contribution < -0.4 is 0 Å². The molecule has 1 atom stereocenters. The monoisotopic (exact) mass is 338 g/mol. The van der Waals surface area contributed by atoms with Gasteiger partial charge in [0.1, 0.15) is 6.04 Å². The van der Waals surface area contributed by atoms with Crippen molar-refractivity contribution >= 4 is 17.7 Å². The highest BCUT2D eigenvalue weighted by molar-refractivity contribution is 6.22. The molecule has 1 aliphatic heterocycles. The quantitative estimate of drug-likeness (QED) is 0.617. The second-order valence-corrected chi connectivity index (χ2v) is 5.75. The van der Waals surface area contributed by atoms with Crippen molar-refractivity contribution in [3.8, 4) is 0 Å². The molecule has 1 unspecified atom stereocenters. The molecule has 3 rings (SSSR count). The summed E-state index contributed by atoms with van der Waals surface area (Å²) in [6.45, 7) is 0. The van der Waals surface area contributed by atoms with E-state index >= 15 is 0 Å². The van der Waals surface area contributed by atoms with Gasteiger partial charge in [-0.2, -0.15) is 0 Å². The summed E-state index contributed by atoms with van der Waals surface area (Å²) in [7, 11) is 2.82. The van der Waals surface area contributed by atoms with Gasteiger partial charge in [-0.1, -0.05) is 42.5 Å². The minimum atomic E-state index is -0.972. The molecule has 1 aliphatic rings. The molecule has 0 saturated heterocycles. The fraction of sp³-hybridized carbons (Fsp3) is 0.211. The molecule has 0 aliphatic carbocycles. The minimum Gasteiger partial charge on any atom is -0.274 e. The lowest BCUT2D eigenvalue weighted by Gasteiger charge is -2.28. The van der Waals surface area contributed by atoms with Crippen LogP contribution in [0.15, 0.2) is 54.6 Å². The van der Waals surface area contributed by atoms with Gasteiger partial charge in [-0.3, -0.25) is 24.1 Å². The van der Waals surface area contributed by atoms with Crippen molar-refractivity contribution in [2.24, 2.45) is 0 Å². The maximum absolute atomic E-state index is 12.8. The third-order valence-corrected chi connectivity index (χ3v) is 4.28. The first-order chi connectivity index (χ1) is 12.0. The van der Waals surface area contributed by atoms with E-state index in [0.717, 1.165) is 15.5 Å². The number of carbonyl (C=O) groups excluding carboxylic acids is 3. The van der Waals surface area contributed by atoms with E-state index in [1.54, 1.807) is 24.3 Å². The molecule has 6 nitrogen and oxygen atoms in total. The van der Waals surface area contributed by atoms with E-state index in [-0.39, 0.29) is 6.42 Å². The number of fused-ring (bicyclic) bond motifs is 1.